The molecule has 3 aliphatic carbocycles. The number of primary amides is 1. The molecular formula is C7H12N2O. The molecule has 0 heterocycles. The molecule has 3 rings (SSSR count). The average Bonchev–Trinajstić information content (AvgIpc) is 1.56. The quantitative estimate of drug-likeness (QED) is 0.568. The van der Waals surface area contributed by atoms with Gasteiger partial charge in [0.15, 0.2) is 0 Å². The van der Waals surface area contributed by atoms with Crippen LogP contribution in [0.2, 0.25) is 0 Å². The Balaban J connectivity index is 2.04. The predicted molar refractivity (Wildman–Crippen MR) is 37.4 cm³/mol. The number of hydrogen-bond acceptors (Lipinski definition) is 1. The van der Waals surface area contributed by atoms with Crippen LogP contribution in [0.15, 0.2) is 0 Å². The number of carbonyl (C=O) groups excluding carboxylic acids is 1. The van der Waals surface area contributed by atoms with Gasteiger partial charge in [-0.3, -0.25) is 0 Å². The molecule has 0 atom stereocenters. The van der Waals surface area contributed by atoms with Crippen LogP contribution in [-0.4, -0.2) is 23.5 Å². The van der Waals surface area contributed by atoms with E-state index in [9.17, 15) is 4.79 Å². The van der Waals surface area contributed by atoms with Crippen molar-refractivity contribution in [3.8, 4) is 0 Å². The van der Waals surface area contributed by atoms with E-state index in [0.29, 0.717) is 0 Å². The summed E-state index contributed by atoms with van der Waals surface area (Å²) >= 11 is 0. The molecule has 0 unspecified atom stereocenters. The summed E-state index contributed by atoms with van der Waals surface area (Å²) in [5, 5.41) is 0. The molecule has 56 valence electrons. The van der Waals surface area contributed by atoms with Gasteiger partial charge < -0.3 is 10.6 Å². The Morgan fingerprint density at radius 3 is 2.20 bits per heavy atom. The van der Waals surface area contributed by atoms with Gasteiger partial charge in [-0.1, -0.05) is 0 Å². The summed E-state index contributed by atoms with van der Waals surface area (Å²) in [6.07, 6.45) is 3.56. The molecule has 0 aromatic carbocycles. The van der Waals surface area contributed by atoms with E-state index in [1.54, 1.807) is 11.9 Å². The Labute approximate surface area is 60.2 Å². The number of hydrogen-bond donors (Lipinski definition) is 1. The molecule has 3 aliphatic rings. The Morgan fingerprint density at radius 2 is 2.10 bits per heavy atom. The second kappa shape index (κ2) is 1.47. The number of nitrogens with two attached hydrogens (primary N) is 1. The van der Waals surface area contributed by atoms with E-state index in [0.717, 1.165) is 5.92 Å². The third-order valence-electron chi connectivity index (χ3n) is 3.05. The van der Waals surface area contributed by atoms with Gasteiger partial charge in [-0.05, 0) is 25.2 Å². The van der Waals surface area contributed by atoms with Crippen LogP contribution in [0.25, 0.3) is 0 Å². The van der Waals surface area contributed by atoms with Crippen LogP contribution in [0, 0.1) is 5.92 Å². The molecule has 3 saturated carbocycles. The normalized spacial score (nSPS) is 41.5. The zero-order valence-electron chi connectivity index (χ0n) is 6.13. The average molecular weight is 140 g/mol. The second-order valence-corrected chi connectivity index (χ2v) is 3.60. The largest absolute Gasteiger partial charge is 0.351 e. The maximum Gasteiger partial charge on any atom is 0.314 e. The molecule has 0 aromatic heterocycles. The van der Waals surface area contributed by atoms with Crippen LogP contribution in [0.3, 0.4) is 0 Å². The molecule has 3 heteroatoms. The lowest BCUT2D eigenvalue weighted by Crippen LogP contribution is -2.69. The first kappa shape index (κ1) is 6.01. The highest BCUT2D eigenvalue weighted by Crippen LogP contribution is 2.59. The monoisotopic (exact) mass is 140 g/mol. The molecular weight excluding hydrogens is 128 g/mol. The molecule has 2 bridgehead atoms. The van der Waals surface area contributed by atoms with Crippen molar-refractivity contribution in [3.63, 3.8) is 0 Å². The van der Waals surface area contributed by atoms with Crippen molar-refractivity contribution in [2.24, 2.45) is 11.7 Å². The van der Waals surface area contributed by atoms with Gasteiger partial charge in [0.25, 0.3) is 0 Å². The fourth-order valence-corrected chi connectivity index (χ4v) is 2.08. The minimum atomic E-state index is -0.279. The van der Waals surface area contributed by atoms with Gasteiger partial charge in [-0.2, -0.15) is 0 Å². The first-order valence-electron chi connectivity index (χ1n) is 3.67. The lowest BCUT2D eigenvalue weighted by molar-refractivity contribution is -0.109. The third kappa shape index (κ3) is 0.485. The standard InChI is InChI=1S/C7H12N2O/c1-9(6(8)10)7-2-5(3-7)4-7/h5H,2-4H2,1H3,(H2,8,10). The molecule has 0 aliphatic heterocycles. The number of amides is 2. The van der Waals surface area contributed by atoms with Crippen LogP contribution in [0.4, 0.5) is 4.79 Å². The van der Waals surface area contributed by atoms with Crippen LogP contribution in [0.5, 0.6) is 0 Å². The van der Waals surface area contributed by atoms with Crippen molar-refractivity contribution in [3.05, 3.63) is 0 Å². The highest BCUT2D eigenvalue weighted by atomic mass is 16.2. The van der Waals surface area contributed by atoms with Gasteiger partial charge in [0.05, 0.1) is 0 Å². The van der Waals surface area contributed by atoms with Crippen LogP contribution in [0.1, 0.15) is 19.3 Å². The van der Waals surface area contributed by atoms with E-state index < -0.39 is 0 Å². The van der Waals surface area contributed by atoms with Gasteiger partial charge >= 0.3 is 6.03 Å². The molecule has 0 radical (unpaired) electrons. The fraction of sp³-hybridized carbons (Fsp3) is 0.857. The van der Waals surface area contributed by atoms with Gasteiger partial charge in [0.1, 0.15) is 0 Å². The second-order valence-electron chi connectivity index (χ2n) is 3.60. The molecule has 2 amide bonds. The number of carbonyl (C=O) groups is 1. The minimum Gasteiger partial charge on any atom is -0.351 e. The zero-order valence-corrected chi connectivity index (χ0v) is 6.13. The summed E-state index contributed by atoms with van der Waals surface area (Å²) < 4.78 is 0. The summed E-state index contributed by atoms with van der Waals surface area (Å²) in [4.78, 5) is 12.4. The molecule has 0 spiro atoms. The topological polar surface area (TPSA) is 46.3 Å². The van der Waals surface area contributed by atoms with Gasteiger partial charge in [0, 0.05) is 12.6 Å². The van der Waals surface area contributed by atoms with Gasteiger partial charge in [-0.15, -0.1) is 0 Å². The number of urea groups is 1. The van der Waals surface area contributed by atoms with Crippen molar-refractivity contribution in [1.82, 2.24) is 4.90 Å². The lowest BCUT2D eigenvalue weighted by atomic mass is 9.49. The van der Waals surface area contributed by atoms with E-state index in [2.05, 4.69) is 0 Å². The SMILES string of the molecule is CN(C(N)=O)C12CC(C1)C2. The van der Waals surface area contributed by atoms with E-state index in [1.807, 2.05) is 0 Å². The highest BCUT2D eigenvalue weighted by molar-refractivity contribution is 5.73. The lowest BCUT2D eigenvalue weighted by Gasteiger charge is -2.65. The van der Waals surface area contributed by atoms with Crippen molar-refractivity contribution in [2.75, 3.05) is 7.05 Å². The smallest absolute Gasteiger partial charge is 0.314 e. The Morgan fingerprint density at radius 1 is 1.60 bits per heavy atom. The maximum absolute atomic E-state index is 10.7. The molecule has 3 fully saturated rings. The summed E-state index contributed by atoms with van der Waals surface area (Å²) in [5.41, 5.74) is 5.35. The molecule has 2 N–H and O–H groups in total. The van der Waals surface area contributed by atoms with Gasteiger partial charge in [-0.25, -0.2) is 4.79 Å². The van der Waals surface area contributed by atoms with Crippen LogP contribution >= 0.6 is 0 Å². The Bertz CT molecular complexity index is 173. The third-order valence-corrected chi connectivity index (χ3v) is 3.05. The summed E-state index contributed by atoms with van der Waals surface area (Å²) in [5.74, 6) is 0.904. The number of nitrogens with zero attached hydrogens (tertiary/aromatic N) is 1. The highest BCUT2D eigenvalue weighted by Gasteiger charge is 2.59. The van der Waals surface area contributed by atoms with Crippen molar-refractivity contribution < 1.29 is 4.79 Å². The van der Waals surface area contributed by atoms with Crippen molar-refractivity contribution in [1.29, 1.82) is 0 Å². The summed E-state index contributed by atoms with van der Waals surface area (Å²) in [6.45, 7) is 0. The fourth-order valence-electron chi connectivity index (χ4n) is 2.08. The first-order chi connectivity index (χ1) is 4.64. The first-order valence-corrected chi connectivity index (χ1v) is 3.67. The van der Waals surface area contributed by atoms with Crippen LogP contribution < -0.4 is 5.73 Å². The minimum absolute atomic E-state index is 0.205. The summed E-state index contributed by atoms with van der Waals surface area (Å²) in [7, 11) is 1.80. The molecule has 3 nitrogen and oxygen atoms in total. The van der Waals surface area contributed by atoms with Crippen molar-refractivity contribution >= 4 is 6.03 Å². The zero-order chi connectivity index (χ0) is 7.35. The van der Waals surface area contributed by atoms with E-state index in [4.69, 9.17) is 5.73 Å². The predicted octanol–water partition coefficient (Wildman–Crippen LogP) is 0.549. The van der Waals surface area contributed by atoms with Crippen LogP contribution in [-0.2, 0) is 0 Å². The summed E-state index contributed by atoms with van der Waals surface area (Å²) in [6, 6.07) is -0.279. The molecule has 10 heavy (non-hydrogen) atoms. The Kier molecular flexibility index (Phi) is 0.881. The van der Waals surface area contributed by atoms with E-state index >= 15 is 0 Å². The van der Waals surface area contributed by atoms with Crippen molar-refractivity contribution in [2.45, 2.75) is 24.8 Å². The Hall–Kier alpha value is -0.730. The van der Waals surface area contributed by atoms with Gasteiger partial charge in [0.2, 0.25) is 0 Å². The maximum atomic E-state index is 10.7. The van der Waals surface area contributed by atoms with E-state index in [1.165, 1.54) is 19.3 Å². The number of rotatable bonds is 1. The molecule has 0 aromatic rings. The molecule has 0 saturated heterocycles. The van der Waals surface area contributed by atoms with E-state index in [-0.39, 0.29) is 11.6 Å².